The van der Waals surface area contributed by atoms with Gasteiger partial charge in [-0.05, 0) is 64.0 Å². The van der Waals surface area contributed by atoms with Gasteiger partial charge in [0.1, 0.15) is 11.9 Å². The molecular formula is C19H29N3O4S. The monoisotopic (exact) mass is 395 g/mol. The zero-order chi connectivity index (χ0) is 19.6. The van der Waals surface area contributed by atoms with E-state index in [4.69, 9.17) is 4.74 Å². The highest BCUT2D eigenvalue weighted by Crippen LogP contribution is 2.35. The fourth-order valence-electron chi connectivity index (χ4n) is 3.96. The number of benzene rings is 1. The highest BCUT2D eigenvalue weighted by molar-refractivity contribution is 7.89. The van der Waals surface area contributed by atoms with Gasteiger partial charge in [0, 0.05) is 19.0 Å². The topological polar surface area (TPSA) is 87.7 Å². The van der Waals surface area contributed by atoms with E-state index in [0.717, 1.165) is 37.9 Å². The number of amides is 1. The SMILES string of the molecule is CCCN1CCCC1CNC(=O)c1cc(S(=O)(=O)NC)cc2c1OC(C)C2. The van der Waals surface area contributed by atoms with Crippen molar-refractivity contribution < 1.29 is 17.9 Å². The Kier molecular flexibility index (Phi) is 6.08. The number of hydrogen-bond donors (Lipinski definition) is 2. The molecule has 150 valence electrons. The molecule has 0 saturated carbocycles. The molecule has 0 spiro atoms. The summed E-state index contributed by atoms with van der Waals surface area (Å²) >= 11 is 0. The molecule has 1 saturated heterocycles. The third-order valence-electron chi connectivity index (χ3n) is 5.30. The van der Waals surface area contributed by atoms with Crippen LogP contribution in [0.5, 0.6) is 5.75 Å². The first kappa shape index (κ1) is 20.1. The molecule has 8 heteroatoms. The molecule has 27 heavy (non-hydrogen) atoms. The average molecular weight is 396 g/mol. The molecule has 2 N–H and O–H groups in total. The van der Waals surface area contributed by atoms with Crippen molar-refractivity contribution in [3.05, 3.63) is 23.3 Å². The van der Waals surface area contributed by atoms with Gasteiger partial charge in [-0.1, -0.05) is 6.92 Å². The fourth-order valence-corrected chi connectivity index (χ4v) is 4.76. The minimum atomic E-state index is -3.63. The quantitative estimate of drug-likeness (QED) is 0.731. The first-order valence-electron chi connectivity index (χ1n) is 9.65. The van der Waals surface area contributed by atoms with Crippen LogP contribution in [0, 0.1) is 0 Å². The van der Waals surface area contributed by atoms with Crippen molar-refractivity contribution in [2.45, 2.75) is 56.6 Å². The second kappa shape index (κ2) is 8.16. The number of rotatable bonds is 7. The standard InChI is InChI=1S/C19H29N3O4S/c1-4-7-22-8-5-6-15(22)12-21-19(23)17-11-16(27(24,25)20-3)10-14-9-13(2)26-18(14)17/h10-11,13,15,20H,4-9,12H2,1-3H3,(H,21,23). The minimum absolute atomic E-state index is 0.0750. The predicted octanol–water partition coefficient (Wildman–Crippen LogP) is 1.52. The van der Waals surface area contributed by atoms with Crippen LogP contribution in [0.4, 0.5) is 0 Å². The number of carbonyl (C=O) groups is 1. The molecule has 1 aromatic carbocycles. The van der Waals surface area contributed by atoms with Crippen LogP contribution < -0.4 is 14.8 Å². The van der Waals surface area contributed by atoms with Gasteiger partial charge in [-0.25, -0.2) is 13.1 Å². The van der Waals surface area contributed by atoms with Crippen LogP contribution in [-0.4, -0.2) is 58.1 Å². The molecule has 2 unspecified atom stereocenters. The van der Waals surface area contributed by atoms with Crippen LogP contribution >= 0.6 is 0 Å². The van der Waals surface area contributed by atoms with Crippen molar-refractivity contribution in [1.29, 1.82) is 0 Å². The lowest BCUT2D eigenvalue weighted by atomic mass is 10.1. The molecule has 1 aromatic rings. The zero-order valence-corrected chi connectivity index (χ0v) is 17.1. The first-order valence-corrected chi connectivity index (χ1v) is 11.1. The Labute approximate surface area is 161 Å². The number of nitrogens with zero attached hydrogens (tertiary/aromatic N) is 1. The molecule has 2 heterocycles. The Bertz CT molecular complexity index is 809. The van der Waals surface area contributed by atoms with Gasteiger partial charge in [-0.15, -0.1) is 0 Å². The summed E-state index contributed by atoms with van der Waals surface area (Å²) in [5, 5.41) is 2.99. The Morgan fingerprint density at radius 2 is 2.15 bits per heavy atom. The highest BCUT2D eigenvalue weighted by atomic mass is 32.2. The van der Waals surface area contributed by atoms with Gasteiger partial charge >= 0.3 is 0 Å². The molecule has 2 aliphatic rings. The number of nitrogens with one attached hydrogen (secondary N) is 2. The van der Waals surface area contributed by atoms with E-state index < -0.39 is 10.0 Å². The minimum Gasteiger partial charge on any atom is -0.489 e. The average Bonchev–Trinajstić information content (AvgIpc) is 3.24. The molecular weight excluding hydrogens is 366 g/mol. The molecule has 1 fully saturated rings. The number of sulfonamides is 1. The number of likely N-dealkylation sites (tertiary alicyclic amines) is 1. The van der Waals surface area contributed by atoms with E-state index in [1.807, 2.05) is 6.92 Å². The second-order valence-electron chi connectivity index (χ2n) is 7.34. The van der Waals surface area contributed by atoms with Crippen LogP contribution in [0.25, 0.3) is 0 Å². The molecule has 0 aromatic heterocycles. The van der Waals surface area contributed by atoms with Crippen LogP contribution in [0.1, 0.15) is 49.0 Å². The summed E-state index contributed by atoms with van der Waals surface area (Å²) in [6, 6.07) is 3.35. The smallest absolute Gasteiger partial charge is 0.255 e. The molecule has 2 atom stereocenters. The summed E-state index contributed by atoms with van der Waals surface area (Å²) in [5.74, 6) is 0.226. The third kappa shape index (κ3) is 4.28. The summed E-state index contributed by atoms with van der Waals surface area (Å²) in [6.07, 6.45) is 3.82. The highest BCUT2D eigenvalue weighted by Gasteiger charge is 2.30. The Morgan fingerprint density at radius 3 is 2.85 bits per heavy atom. The molecule has 1 amide bonds. The predicted molar refractivity (Wildman–Crippen MR) is 104 cm³/mol. The molecule has 7 nitrogen and oxygen atoms in total. The lowest BCUT2D eigenvalue weighted by Crippen LogP contribution is -2.40. The van der Waals surface area contributed by atoms with E-state index in [9.17, 15) is 13.2 Å². The maximum absolute atomic E-state index is 12.9. The molecule has 2 aliphatic heterocycles. The lowest BCUT2D eigenvalue weighted by Gasteiger charge is -2.24. The third-order valence-corrected chi connectivity index (χ3v) is 6.69. The normalized spacial score (nSPS) is 22.5. The zero-order valence-electron chi connectivity index (χ0n) is 16.2. The molecule has 0 radical (unpaired) electrons. The van der Waals surface area contributed by atoms with Crippen LogP contribution in [0.2, 0.25) is 0 Å². The van der Waals surface area contributed by atoms with Gasteiger partial charge in [-0.2, -0.15) is 0 Å². The maximum Gasteiger partial charge on any atom is 0.255 e. The van der Waals surface area contributed by atoms with Gasteiger partial charge < -0.3 is 10.1 Å². The summed E-state index contributed by atoms with van der Waals surface area (Å²) in [5.41, 5.74) is 1.06. The largest absolute Gasteiger partial charge is 0.489 e. The first-order chi connectivity index (χ1) is 12.9. The maximum atomic E-state index is 12.9. The van der Waals surface area contributed by atoms with Gasteiger partial charge in [0.05, 0.1) is 10.5 Å². The number of ether oxygens (including phenoxy) is 1. The molecule has 3 rings (SSSR count). The number of carbonyl (C=O) groups excluding carboxylic acids is 1. The summed E-state index contributed by atoms with van der Waals surface area (Å²) < 4.78 is 32.6. The van der Waals surface area contributed by atoms with E-state index in [1.165, 1.54) is 13.1 Å². The fraction of sp³-hybridized carbons (Fsp3) is 0.632. The van der Waals surface area contributed by atoms with Gasteiger partial charge in [0.25, 0.3) is 5.91 Å². The summed E-state index contributed by atoms with van der Waals surface area (Å²) in [4.78, 5) is 15.4. The second-order valence-corrected chi connectivity index (χ2v) is 9.23. The van der Waals surface area contributed by atoms with Crippen molar-refractivity contribution in [3.63, 3.8) is 0 Å². The van der Waals surface area contributed by atoms with Crippen molar-refractivity contribution in [2.75, 3.05) is 26.7 Å². The van der Waals surface area contributed by atoms with Crippen LogP contribution in [0.15, 0.2) is 17.0 Å². The van der Waals surface area contributed by atoms with Gasteiger partial charge in [-0.3, -0.25) is 9.69 Å². The number of hydrogen-bond acceptors (Lipinski definition) is 5. The number of fused-ring (bicyclic) bond motifs is 1. The van der Waals surface area contributed by atoms with E-state index >= 15 is 0 Å². The summed E-state index contributed by atoms with van der Waals surface area (Å²) in [7, 11) is -2.27. The van der Waals surface area contributed by atoms with Crippen LogP contribution in [0.3, 0.4) is 0 Å². The van der Waals surface area contributed by atoms with Crippen molar-refractivity contribution in [2.24, 2.45) is 0 Å². The van der Waals surface area contributed by atoms with Gasteiger partial charge in [0.2, 0.25) is 10.0 Å². The lowest BCUT2D eigenvalue weighted by molar-refractivity contribution is 0.0936. The van der Waals surface area contributed by atoms with Crippen molar-refractivity contribution in [3.8, 4) is 5.75 Å². The van der Waals surface area contributed by atoms with E-state index in [2.05, 4.69) is 21.9 Å². The Morgan fingerprint density at radius 1 is 1.37 bits per heavy atom. The molecule has 0 aliphatic carbocycles. The Hall–Kier alpha value is -1.64. The summed E-state index contributed by atoms with van der Waals surface area (Å²) in [6.45, 7) is 6.73. The van der Waals surface area contributed by atoms with E-state index in [-0.39, 0.29) is 16.9 Å². The van der Waals surface area contributed by atoms with E-state index in [0.29, 0.717) is 30.3 Å². The van der Waals surface area contributed by atoms with Gasteiger partial charge in [0.15, 0.2) is 0 Å². The van der Waals surface area contributed by atoms with Crippen molar-refractivity contribution >= 4 is 15.9 Å². The Balaban J connectivity index is 1.81. The van der Waals surface area contributed by atoms with Crippen LogP contribution in [-0.2, 0) is 16.4 Å². The molecule has 0 bridgehead atoms. The van der Waals surface area contributed by atoms with Crippen molar-refractivity contribution in [1.82, 2.24) is 14.9 Å². The van der Waals surface area contributed by atoms with E-state index in [1.54, 1.807) is 6.07 Å².